The van der Waals surface area contributed by atoms with E-state index < -0.39 is 12.0 Å². The van der Waals surface area contributed by atoms with Gasteiger partial charge in [-0.25, -0.2) is 0 Å². The summed E-state index contributed by atoms with van der Waals surface area (Å²) in [4.78, 5) is 30.8. The van der Waals surface area contributed by atoms with Crippen molar-refractivity contribution in [3.63, 3.8) is 0 Å². The van der Waals surface area contributed by atoms with Crippen molar-refractivity contribution in [3.8, 4) is 0 Å². The lowest BCUT2D eigenvalue weighted by molar-refractivity contribution is -0.168. The lowest BCUT2D eigenvalue weighted by atomic mass is 9.91. The SMILES string of the molecule is CN1C(=O)[C@@H]2[C@@H](ON(C)[C@H]2c2ccc(Br)cc2)C1=O. The zero-order chi connectivity index (χ0) is 13.7. The minimum atomic E-state index is -0.684. The lowest BCUT2D eigenvalue weighted by Crippen LogP contribution is -2.33. The van der Waals surface area contributed by atoms with Crippen LogP contribution in [-0.4, -0.2) is 42.0 Å². The van der Waals surface area contributed by atoms with Crippen molar-refractivity contribution >= 4 is 27.7 Å². The molecule has 6 heteroatoms. The third-order valence-electron chi connectivity index (χ3n) is 3.74. The van der Waals surface area contributed by atoms with Gasteiger partial charge in [-0.15, -0.1) is 0 Å². The number of likely N-dealkylation sites (N-methyl/N-ethyl adjacent to an activating group) is 1. The molecule has 2 amide bonds. The Balaban J connectivity index is 2.00. The van der Waals surface area contributed by atoms with E-state index in [1.807, 2.05) is 24.3 Å². The molecule has 3 atom stereocenters. The molecule has 1 aromatic carbocycles. The topological polar surface area (TPSA) is 49.9 Å². The number of hydrogen-bond acceptors (Lipinski definition) is 4. The van der Waals surface area contributed by atoms with Crippen LogP contribution in [0, 0.1) is 5.92 Å². The van der Waals surface area contributed by atoms with Gasteiger partial charge in [0.15, 0.2) is 6.10 Å². The second kappa shape index (κ2) is 4.40. The number of nitrogens with zero attached hydrogens (tertiary/aromatic N) is 2. The number of carbonyl (C=O) groups excluding carboxylic acids is 2. The van der Waals surface area contributed by atoms with E-state index in [1.165, 1.54) is 7.05 Å². The van der Waals surface area contributed by atoms with Crippen molar-refractivity contribution in [2.24, 2.45) is 5.92 Å². The summed E-state index contributed by atoms with van der Waals surface area (Å²) in [5.41, 5.74) is 0.967. The predicted molar refractivity (Wildman–Crippen MR) is 70.8 cm³/mol. The van der Waals surface area contributed by atoms with Gasteiger partial charge >= 0.3 is 0 Å². The fourth-order valence-electron chi connectivity index (χ4n) is 2.77. The minimum absolute atomic E-state index is 0.174. The summed E-state index contributed by atoms with van der Waals surface area (Å²) in [6.45, 7) is 0. The zero-order valence-electron chi connectivity index (χ0n) is 10.5. The Morgan fingerprint density at radius 3 is 2.37 bits per heavy atom. The summed E-state index contributed by atoms with van der Waals surface area (Å²) < 4.78 is 0.973. The van der Waals surface area contributed by atoms with Crippen molar-refractivity contribution in [1.82, 2.24) is 9.96 Å². The molecular formula is C13H13BrN2O3. The lowest BCUT2D eigenvalue weighted by Gasteiger charge is -2.22. The normalized spacial score (nSPS) is 31.1. The van der Waals surface area contributed by atoms with Crippen LogP contribution < -0.4 is 0 Å². The van der Waals surface area contributed by atoms with Gasteiger partial charge < -0.3 is 0 Å². The van der Waals surface area contributed by atoms with Crippen LogP contribution in [-0.2, 0) is 14.4 Å². The fraction of sp³-hybridized carbons (Fsp3) is 0.385. The first-order valence-electron chi connectivity index (χ1n) is 5.97. The van der Waals surface area contributed by atoms with Gasteiger partial charge in [0.25, 0.3) is 5.91 Å². The van der Waals surface area contributed by atoms with Crippen molar-refractivity contribution in [2.45, 2.75) is 12.1 Å². The molecule has 100 valence electrons. The van der Waals surface area contributed by atoms with Crippen molar-refractivity contribution in [1.29, 1.82) is 0 Å². The van der Waals surface area contributed by atoms with Gasteiger partial charge in [0.2, 0.25) is 5.91 Å². The highest BCUT2D eigenvalue weighted by molar-refractivity contribution is 9.10. The summed E-state index contributed by atoms with van der Waals surface area (Å²) >= 11 is 3.38. The molecule has 0 aromatic heterocycles. The van der Waals surface area contributed by atoms with Gasteiger partial charge in [-0.3, -0.25) is 19.3 Å². The zero-order valence-corrected chi connectivity index (χ0v) is 12.1. The molecule has 2 heterocycles. The number of benzene rings is 1. The van der Waals surface area contributed by atoms with Crippen LogP contribution in [0.3, 0.4) is 0 Å². The van der Waals surface area contributed by atoms with Crippen LogP contribution in [0.15, 0.2) is 28.7 Å². The molecule has 0 saturated carbocycles. The van der Waals surface area contributed by atoms with E-state index in [9.17, 15) is 9.59 Å². The smallest absolute Gasteiger partial charge is 0.261 e. The number of hydroxylamine groups is 2. The maximum absolute atomic E-state index is 12.2. The highest BCUT2D eigenvalue weighted by Gasteiger charge is 2.57. The Labute approximate surface area is 119 Å². The Morgan fingerprint density at radius 1 is 1.11 bits per heavy atom. The monoisotopic (exact) mass is 324 g/mol. The Morgan fingerprint density at radius 2 is 1.74 bits per heavy atom. The molecule has 0 N–H and O–H groups in total. The number of likely N-dealkylation sites (tertiary alicyclic amines) is 1. The highest BCUT2D eigenvalue weighted by atomic mass is 79.9. The number of amides is 2. The summed E-state index contributed by atoms with van der Waals surface area (Å²) in [5.74, 6) is -0.891. The third kappa shape index (κ3) is 1.82. The first-order chi connectivity index (χ1) is 9.00. The summed E-state index contributed by atoms with van der Waals surface area (Å²) in [7, 11) is 3.26. The number of rotatable bonds is 1. The molecular weight excluding hydrogens is 312 g/mol. The average molecular weight is 325 g/mol. The molecule has 5 nitrogen and oxygen atoms in total. The molecule has 2 fully saturated rings. The maximum Gasteiger partial charge on any atom is 0.261 e. The van der Waals surface area contributed by atoms with Crippen molar-refractivity contribution in [3.05, 3.63) is 34.3 Å². The quantitative estimate of drug-likeness (QED) is 0.732. The van der Waals surface area contributed by atoms with E-state index in [0.717, 1.165) is 14.9 Å². The second-order valence-electron chi connectivity index (χ2n) is 4.83. The van der Waals surface area contributed by atoms with E-state index in [2.05, 4.69) is 15.9 Å². The Kier molecular flexibility index (Phi) is 2.96. The molecule has 2 saturated heterocycles. The van der Waals surface area contributed by atoms with Gasteiger partial charge in [-0.05, 0) is 17.7 Å². The Bertz CT molecular complexity index is 545. The Hall–Kier alpha value is -1.24. The van der Waals surface area contributed by atoms with E-state index >= 15 is 0 Å². The van der Waals surface area contributed by atoms with Gasteiger partial charge in [0, 0.05) is 18.6 Å². The van der Waals surface area contributed by atoms with Gasteiger partial charge in [0.1, 0.15) is 0 Å². The van der Waals surface area contributed by atoms with Crippen LogP contribution in [0.2, 0.25) is 0 Å². The largest absolute Gasteiger partial charge is 0.284 e. The van der Waals surface area contributed by atoms with E-state index in [4.69, 9.17) is 4.84 Å². The molecule has 2 aliphatic heterocycles. The van der Waals surface area contributed by atoms with E-state index in [0.29, 0.717) is 0 Å². The van der Waals surface area contributed by atoms with Crippen LogP contribution in [0.1, 0.15) is 11.6 Å². The van der Waals surface area contributed by atoms with Crippen LogP contribution in [0.4, 0.5) is 0 Å². The van der Waals surface area contributed by atoms with Crippen LogP contribution in [0.25, 0.3) is 0 Å². The maximum atomic E-state index is 12.2. The van der Waals surface area contributed by atoms with Gasteiger partial charge in [-0.1, -0.05) is 28.1 Å². The summed E-state index contributed by atoms with van der Waals surface area (Å²) in [6.07, 6.45) is -0.684. The molecule has 1 aromatic rings. The third-order valence-corrected chi connectivity index (χ3v) is 4.27. The van der Waals surface area contributed by atoms with Crippen LogP contribution >= 0.6 is 15.9 Å². The average Bonchev–Trinajstić information content (AvgIpc) is 2.83. The fourth-order valence-corrected chi connectivity index (χ4v) is 3.03. The molecule has 0 spiro atoms. The number of fused-ring (bicyclic) bond motifs is 1. The van der Waals surface area contributed by atoms with Gasteiger partial charge in [-0.2, -0.15) is 5.06 Å². The first-order valence-corrected chi connectivity index (χ1v) is 6.76. The molecule has 3 rings (SSSR count). The molecule has 0 radical (unpaired) electrons. The number of imide groups is 1. The first kappa shape index (κ1) is 12.8. The molecule has 0 unspecified atom stereocenters. The standard InChI is InChI=1S/C13H13BrN2O3/c1-15-12(17)9-10(7-3-5-8(14)6-4-7)16(2)19-11(9)13(15)18/h3-6,9-11H,1-2H3/t9-,10-,11+/m0/s1. The predicted octanol–water partition coefficient (Wildman–Crippen LogP) is 1.35. The van der Waals surface area contributed by atoms with E-state index in [-0.39, 0.29) is 17.9 Å². The molecule has 0 bridgehead atoms. The highest BCUT2D eigenvalue weighted by Crippen LogP contribution is 2.43. The minimum Gasteiger partial charge on any atom is -0.284 e. The molecule has 19 heavy (non-hydrogen) atoms. The number of carbonyl (C=O) groups is 2. The number of hydrogen-bond donors (Lipinski definition) is 0. The second-order valence-corrected chi connectivity index (χ2v) is 5.75. The molecule has 2 aliphatic rings. The number of halogens is 1. The van der Waals surface area contributed by atoms with E-state index in [1.54, 1.807) is 12.1 Å². The van der Waals surface area contributed by atoms with Gasteiger partial charge in [0.05, 0.1) is 12.0 Å². The summed E-state index contributed by atoms with van der Waals surface area (Å²) in [5, 5.41) is 1.61. The van der Waals surface area contributed by atoms with Crippen LogP contribution in [0.5, 0.6) is 0 Å². The summed E-state index contributed by atoms with van der Waals surface area (Å²) in [6, 6.07) is 7.49. The molecule has 0 aliphatic carbocycles. The van der Waals surface area contributed by atoms with Crippen molar-refractivity contribution < 1.29 is 14.4 Å². The van der Waals surface area contributed by atoms with Crippen molar-refractivity contribution in [2.75, 3.05) is 14.1 Å².